The fourth-order valence-electron chi connectivity index (χ4n) is 2.77. The van der Waals surface area contributed by atoms with E-state index >= 15 is 0 Å². The number of nitrogens with zero attached hydrogens (tertiary/aromatic N) is 3. The molecule has 0 saturated heterocycles. The van der Waals surface area contributed by atoms with Crippen molar-refractivity contribution < 1.29 is 0 Å². The van der Waals surface area contributed by atoms with E-state index in [-0.39, 0.29) is 0 Å². The van der Waals surface area contributed by atoms with Crippen LogP contribution in [0.3, 0.4) is 0 Å². The van der Waals surface area contributed by atoms with Gasteiger partial charge < -0.3 is 5.32 Å². The summed E-state index contributed by atoms with van der Waals surface area (Å²) in [4.78, 5) is 8.41. The van der Waals surface area contributed by atoms with Gasteiger partial charge in [-0.05, 0) is 49.4 Å². The maximum Gasteiger partial charge on any atom is 0.209 e. The quantitative estimate of drug-likeness (QED) is 0.231. The molecule has 0 unspecified atom stereocenters. The third-order valence-electron chi connectivity index (χ3n) is 4.25. The van der Waals surface area contributed by atoms with Crippen molar-refractivity contribution in [2.45, 2.75) is 45.4 Å². The van der Waals surface area contributed by atoms with Crippen molar-refractivity contribution in [3.8, 4) is 6.19 Å². The van der Waals surface area contributed by atoms with Crippen LogP contribution in [0.25, 0.3) is 0 Å². The number of hydrogen-bond donors (Lipinski definition) is 2. The number of aliphatic imine (C=N–C) groups is 1. The third kappa shape index (κ3) is 7.35. The molecule has 5 nitrogen and oxygen atoms in total. The predicted molar refractivity (Wildman–Crippen MR) is 107 cm³/mol. The van der Waals surface area contributed by atoms with Crippen LogP contribution in [-0.4, -0.2) is 17.5 Å². The second-order valence-electron chi connectivity index (χ2n) is 6.27. The number of pyridine rings is 1. The van der Waals surface area contributed by atoms with Crippen LogP contribution in [0.4, 0.5) is 5.69 Å². The van der Waals surface area contributed by atoms with Crippen LogP contribution in [0.15, 0.2) is 53.8 Å². The Hall–Kier alpha value is -2.87. The zero-order chi connectivity index (χ0) is 18.5. The lowest BCUT2D eigenvalue weighted by atomic mass is 10.0. The number of benzene rings is 1. The predicted octanol–water partition coefficient (Wildman–Crippen LogP) is 4.42. The molecule has 0 aliphatic heterocycles. The molecular weight excluding hydrogens is 322 g/mol. The summed E-state index contributed by atoms with van der Waals surface area (Å²) in [6, 6.07) is 12.3. The first kappa shape index (κ1) is 19.5. The monoisotopic (exact) mass is 349 g/mol. The molecule has 0 amide bonds. The zero-order valence-electron chi connectivity index (χ0n) is 15.4. The van der Waals surface area contributed by atoms with Crippen LogP contribution in [0.5, 0.6) is 0 Å². The molecule has 0 fully saturated rings. The summed E-state index contributed by atoms with van der Waals surface area (Å²) in [5, 5.41) is 14.5. The SMILES string of the molecule is Cc1ccccc1CCCCCCCN=C(NC#N)Nc1ccncc1. The molecule has 2 rings (SSSR count). The Morgan fingerprint density at radius 3 is 2.54 bits per heavy atom. The van der Waals surface area contributed by atoms with Gasteiger partial charge in [0.15, 0.2) is 6.19 Å². The normalized spacial score (nSPS) is 11.0. The van der Waals surface area contributed by atoms with Gasteiger partial charge in [0.1, 0.15) is 0 Å². The maximum atomic E-state index is 8.83. The molecule has 2 aromatic rings. The number of aromatic nitrogens is 1. The molecule has 1 heterocycles. The topological polar surface area (TPSA) is 73.1 Å². The van der Waals surface area contributed by atoms with Gasteiger partial charge in [-0.3, -0.25) is 15.3 Å². The van der Waals surface area contributed by atoms with Crippen molar-refractivity contribution in [2.24, 2.45) is 4.99 Å². The molecule has 1 aromatic carbocycles. The Kier molecular flexibility index (Phi) is 8.71. The van der Waals surface area contributed by atoms with Gasteiger partial charge in [0.05, 0.1) is 0 Å². The fourth-order valence-corrected chi connectivity index (χ4v) is 2.77. The zero-order valence-corrected chi connectivity index (χ0v) is 15.4. The molecular formula is C21H27N5. The molecule has 0 radical (unpaired) electrons. The van der Waals surface area contributed by atoms with Gasteiger partial charge >= 0.3 is 0 Å². The van der Waals surface area contributed by atoms with E-state index in [1.54, 1.807) is 12.4 Å². The van der Waals surface area contributed by atoms with Crippen LogP contribution >= 0.6 is 0 Å². The molecule has 0 aliphatic carbocycles. The Bertz CT molecular complexity index is 719. The number of hydrogen-bond acceptors (Lipinski definition) is 3. The number of aryl methyl sites for hydroxylation is 2. The van der Waals surface area contributed by atoms with Gasteiger partial charge in [-0.1, -0.05) is 43.5 Å². The van der Waals surface area contributed by atoms with Gasteiger partial charge in [0.2, 0.25) is 5.96 Å². The van der Waals surface area contributed by atoms with Crippen molar-refractivity contribution in [3.05, 3.63) is 59.9 Å². The van der Waals surface area contributed by atoms with Crippen molar-refractivity contribution >= 4 is 11.6 Å². The Morgan fingerprint density at radius 1 is 1.04 bits per heavy atom. The average molecular weight is 349 g/mol. The van der Waals surface area contributed by atoms with Crippen LogP contribution in [0, 0.1) is 18.4 Å². The molecule has 0 bridgehead atoms. The summed E-state index contributed by atoms with van der Waals surface area (Å²) < 4.78 is 0. The highest BCUT2D eigenvalue weighted by Gasteiger charge is 1.99. The minimum atomic E-state index is 0.484. The van der Waals surface area contributed by atoms with Crippen molar-refractivity contribution in [1.82, 2.24) is 10.3 Å². The first-order chi connectivity index (χ1) is 12.8. The largest absolute Gasteiger partial charge is 0.325 e. The van der Waals surface area contributed by atoms with Crippen LogP contribution in [-0.2, 0) is 6.42 Å². The highest BCUT2D eigenvalue weighted by Crippen LogP contribution is 2.12. The molecule has 0 spiro atoms. The molecule has 26 heavy (non-hydrogen) atoms. The van der Waals surface area contributed by atoms with E-state index in [1.807, 2.05) is 18.3 Å². The Balaban J connectivity index is 1.61. The Labute approximate surface area is 156 Å². The van der Waals surface area contributed by atoms with Gasteiger partial charge in [-0.15, -0.1) is 0 Å². The lowest BCUT2D eigenvalue weighted by Gasteiger charge is -2.07. The summed E-state index contributed by atoms with van der Waals surface area (Å²) in [6.45, 7) is 2.89. The van der Waals surface area contributed by atoms with Gasteiger partial charge in [0.25, 0.3) is 0 Å². The fraction of sp³-hybridized carbons (Fsp3) is 0.381. The standard InChI is InChI=1S/C21H27N5/c1-18-9-6-7-11-19(18)10-5-3-2-4-8-14-24-21(25-17-22)26-20-12-15-23-16-13-20/h6-7,9,11-13,15-16H,2-5,8,10,14H2,1H3,(H2,23,24,25,26). The number of guanidine groups is 1. The summed E-state index contributed by atoms with van der Waals surface area (Å²) in [7, 11) is 0. The molecule has 2 N–H and O–H groups in total. The summed E-state index contributed by atoms with van der Waals surface area (Å²) >= 11 is 0. The van der Waals surface area contributed by atoms with E-state index in [2.05, 4.69) is 51.8 Å². The molecule has 0 saturated carbocycles. The minimum absolute atomic E-state index is 0.484. The van der Waals surface area contributed by atoms with Crippen LogP contribution in [0.2, 0.25) is 0 Å². The lowest BCUT2D eigenvalue weighted by molar-refractivity contribution is 0.618. The van der Waals surface area contributed by atoms with Crippen molar-refractivity contribution in [3.63, 3.8) is 0 Å². The lowest BCUT2D eigenvalue weighted by Crippen LogP contribution is -2.27. The molecule has 0 aliphatic rings. The minimum Gasteiger partial charge on any atom is -0.325 e. The van der Waals surface area contributed by atoms with Gasteiger partial charge in [-0.25, -0.2) is 0 Å². The second-order valence-corrected chi connectivity index (χ2v) is 6.27. The second kappa shape index (κ2) is 11.6. The van der Waals surface area contributed by atoms with E-state index in [4.69, 9.17) is 5.26 Å². The van der Waals surface area contributed by atoms with E-state index < -0.39 is 0 Å². The van der Waals surface area contributed by atoms with Gasteiger partial charge in [0, 0.05) is 24.6 Å². The number of anilines is 1. The van der Waals surface area contributed by atoms with E-state index in [1.165, 1.54) is 30.4 Å². The summed E-state index contributed by atoms with van der Waals surface area (Å²) in [5.41, 5.74) is 3.71. The third-order valence-corrected chi connectivity index (χ3v) is 4.25. The van der Waals surface area contributed by atoms with Gasteiger partial charge in [-0.2, -0.15) is 5.26 Å². The Morgan fingerprint density at radius 2 is 1.77 bits per heavy atom. The summed E-state index contributed by atoms with van der Waals surface area (Å²) in [6.07, 6.45) is 12.4. The smallest absolute Gasteiger partial charge is 0.209 e. The number of unbranched alkanes of at least 4 members (excludes halogenated alkanes) is 4. The summed E-state index contributed by atoms with van der Waals surface area (Å²) in [5.74, 6) is 0.484. The number of nitrogens with one attached hydrogen (secondary N) is 2. The number of nitriles is 1. The molecule has 136 valence electrons. The molecule has 5 heteroatoms. The van der Waals surface area contributed by atoms with E-state index in [0.717, 1.165) is 24.9 Å². The van der Waals surface area contributed by atoms with Crippen molar-refractivity contribution in [1.29, 1.82) is 5.26 Å². The first-order valence-corrected chi connectivity index (χ1v) is 9.20. The highest BCUT2D eigenvalue weighted by atomic mass is 15.2. The maximum absolute atomic E-state index is 8.83. The van der Waals surface area contributed by atoms with Crippen LogP contribution in [0.1, 0.15) is 43.2 Å². The molecule has 0 atom stereocenters. The average Bonchev–Trinajstić information content (AvgIpc) is 2.66. The highest BCUT2D eigenvalue weighted by molar-refractivity contribution is 5.94. The molecule has 1 aromatic heterocycles. The van der Waals surface area contributed by atoms with E-state index in [0.29, 0.717) is 12.5 Å². The van der Waals surface area contributed by atoms with Crippen molar-refractivity contribution in [2.75, 3.05) is 11.9 Å². The number of rotatable bonds is 9. The van der Waals surface area contributed by atoms with E-state index in [9.17, 15) is 0 Å². The first-order valence-electron chi connectivity index (χ1n) is 9.20. The van der Waals surface area contributed by atoms with Crippen LogP contribution < -0.4 is 10.6 Å².